The average Bonchev–Trinajstić information content (AvgIpc) is 4.00. The minimum Gasteiger partial charge on any atom is -0.311 e. The number of nitrogens with zero attached hydrogens (tertiary/aromatic N) is 4. The molecule has 0 saturated carbocycles. The van der Waals surface area contributed by atoms with Gasteiger partial charge < -0.3 is 18.6 Å². The van der Waals surface area contributed by atoms with E-state index in [-0.39, 0.29) is 11.6 Å². The van der Waals surface area contributed by atoms with E-state index >= 15 is 0 Å². The number of para-hydroxylation sites is 3. The van der Waals surface area contributed by atoms with Crippen LogP contribution in [0.2, 0.25) is 0 Å². The third-order valence-electron chi connectivity index (χ3n) is 12.2. The molecule has 0 aliphatic heterocycles. The second-order valence-corrected chi connectivity index (χ2v) is 15.4. The maximum absolute atomic E-state index is 14.1. The molecule has 0 amide bonds. The number of anilines is 5. The van der Waals surface area contributed by atoms with Crippen molar-refractivity contribution in [2.75, 3.05) is 9.80 Å². The normalized spacial score (nSPS) is 12.4. The Kier molecular flexibility index (Phi) is 7.26. The largest absolute Gasteiger partial charge is 0.311 e. The highest BCUT2D eigenvalue weighted by Gasteiger charge is 2.24. The standard InChI is InChI=1S/C54H34F2N4/c1-3-10-35(4-2)57(37-21-17-33(55)18-22-37)39-25-27-49-45(29-39)41-13-8-15-43-47-32-52-48(31-51(47)59(49)53(41)43)44-16-9-14-42-46-30-40(26-28-50(46)60(52)54(42)44)58(36-11-6-5-7-12-36)38-23-19-34(56)20-24-38/h3-32H,1-2H2/b35-10+. The molecule has 0 N–H and O–H groups in total. The van der Waals surface area contributed by atoms with Gasteiger partial charge >= 0.3 is 0 Å². The lowest BCUT2D eigenvalue weighted by Gasteiger charge is -2.26. The van der Waals surface area contributed by atoms with E-state index in [1.54, 1.807) is 24.3 Å². The van der Waals surface area contributed by atoms with E-state index in [1.807, 2.05) is 36.4 Å². The van der Waals surface area contributed by atoms with Gasteiger partial charge in [0.2, 0.25) is 0 Å². The Morgan fingerprint density at radius 3 is 1.38 bits per heavy atom. The van der Waals surface area contributed by atoms with Crippen molar-refractivity contribution in [3.05, 3.63) is 213 Å². The van der Waals surface area contributed by atoms with Crippen LogP contribution in [0.15, 0.2) is 201 Å². The topological polar surface area (TPSA) is 15.3 Å². The van der Waals surface area contributed by atoms with Gasteiger partial charge in [0.15, 0.2) is 0 Å². The van der Waals surface area contributed by atoms with Crippen molar-refractivity contribution in [3.63, 3.8) is 0 Å². The van der Waals surface area contributed by atoms with Crippen LogP contribution in [0.25, 0.3) is 76.2 Å². The summed E-state index contributed by atoms with van der Waals surface area (Å²) < 4.78 is 33.0. The van der Waals surface area contributed by atoms with Gasteiger partial charge in [0.05, 0.1) is 33.1 Å². The molecule has 4 nitrogen and oxygen atoms in total. The second kappa shape index (κ2) is 12.8. The Hall–Kier alpha value is -7.96. The molecule has 0 aliphatic carbocycles. The van der Waals surface area contributed by atoms with Gasteiger partial charge in [-0.15, -0.1) is 0 Å². The predicted molar refractivity (Wildman–Crippen MR) is 247 cm³/mol. The summed E-state index contributed by atoms with van der Waals surface area (Å²) in [6.45, 7) is 8.02. The molecule has 6 heteroatoms. The Labute approximate surface area is 343 Å². The smallest absolute Gasteiger partial charge is 0.123 e. The summed E-state index contributed by atoms with van der Waals surface area (Å²) in [6.07, 6.45) is 5.45. The van der Waals surface area contributed by atoms with Crippen LogP contribution in [-0.4, -0.2) is 8.80 Å². The Bertz CT molecular complexity index is 3710. The van der Waals surface area contributed by atoms with Gasteiger partial charge in [0.1, 0.15) is 11.6 Å². The van der Waals surface area contributed by atoms with Crippen molar-refractivity contribution < 1.29 is 8.78 Å². The number of benzene rings is 8. The van der Waals surface area contributed by atoms with Crippen LogP contribution in [0, 0.1) is 11.6 Å². The van der Waals surface area contributed by atoms with Gasteiger partial charge in [-0.05, 0) is 121 Å². The summed E-state index contributed by atoms with van der Waals surface area (Å²) in [5, 5.41) is 9.43. The molecule has 0 aliphatic rings. The third-order valence-corrected chi connectivity index (χ3v) is 12.2. The van der Waals surface area contributed by atoms with Crippen LogP contribution < -0.4 is 9.80 Å². The van der Waals surface area contributed by atoms with Crippen molar-refractivity contribution in [1.29, 1.82) is 0 Å². The lowest BCUT2D eigenvalue weighted by molar-refractivity contribution is 0.627. The van der Waals surface area contributed by atoms with Crippen molar-refractivity contribution >= 4 is 105 Å². The van der Waals surface area contributed by atoms with Gasteiger partial charge in [0.25, 0.3) is 0 Å². The maximum atomic E-state index is 14.1. The molecule has 0 saturated heterocycles. The van der Waals surface area contributed by atoms with E-state index in [2.05, 4.69) is 129 Å². The molecule has 0 spiro atoms. The number of hydrogen-bond donors (Lipinski definition) is 0. The lowest BCUT2D eigenvalue weighted by Crippen LogP contribution is -2.15. The Morgan fingerprint density at radius 1 is 0.417 bits per heavy atom. The van der Waals surface area contributed by atoms with Gasteiger partial charge in [-0.2, -0.15) is 0 Å². The van der Waals surface area contributed by atoms with E-state index in [9.17, 15) is 8.78 Å². The van der Waals surface area contributed by atoms with Crippen LogP contribution in [0.4, 0.5) is 37.2 Å². The average molecular weight is 777 g/mol. The monoisotopic (exact) mass is 776 g/mol. The van der Waals surface area contributed by atoms with Gasteiger partial charge in [-0.1, -0.05) is 73.8 Å². The Balaban J connectivity index is 1.08. The van der Waals surface area contributed by atoms with Crippen LogP contribution in [0.3, 0.4) is 0 Å². The molecular formula is C54H34F2N4. The molecule has 4 aromatic heterocycles. The van der Waals surface area contributed by atoms with Gasteiger partial charge in [-0.25, -0.2) is 8.78 Å². The number of allylic oxidation sites excluding steroid dienone is 3. The van der Waals surface area contributed by atoms with Crippen molar-refractivity contribution in [2.45, 2.75) is 0 Å². The number of hydrogen-bond acceptors (Lipinski definition) is 2. The van der Waals surface area contributed by atoms with E-state index in [0.717, 1.165) is 67.0 Å². The van der Waals surface area contributed by atoms with Crippen molar-refractivity contribution in [3.8, 4) is 0 Å². The molecule has 4 heterocycles. The van der Waals surface area contributed by atoms with E-state index in [1.165, 1.54) is 67.6 Å². The van der Waals surface area contributed by atoms with Crippen molar-refractivity contribution in [1.82, 2.24) is 8.80 Å². The highest BCUT2D eigenvalue weighted by molar-refractivity contribution is 6.29. The molecule has 8 aromatic carbocycles. The molecular weight excluding hydrogens is 743 g/mol. The first kappa shape index (κ1) is 34.1. The first-order valence-corrected chi connectivity index (χ1v) is 20.0. The summed E-state index contributed by atoms with van der Waals surface area (Å²) in [5.41, 5.74) is 12.4. The maximum Gasteiger partial charge on any atom is 0.123 e. The van der Waals surface area contributed by atoms with Crippen LogP contribution in [0.5, 0.6) is 0 Å². The highest BCUT2D eigenvalue weighted by atomic mass is 19.1. The molecule has 12 rings (SSSR count). The number of rotatable bonds is 8. The third kappa shape index (κ3) is 4.76. The number of fused-ring (bicyclic) bond motifs is 12. The fourth-order valence-corrected chi connectivity index (χ4v) is 9.71. The molecule has 0 radical (unpaired) electrons. The molecule has 0 unspecified atom stereocenters. The predicted octanol–water partition coefficient (Wildman–Crippen LogP) is 15.1. The molecule has 0 fully saturated rings. The van der Waals surface area contributed by atoms with Crippen LogP contribution in [-0.2, 0) is 0 Å². The van der Waals surface area contributed by atoms with Crippen LogP contribution >= 0.6 is 0 Å². The summed E-state index contributed by atoms with van der Waals surface area (Å²) in [7, 11) is 0. The first-order valence-electron chi connectivity index (χ1n) is 20.0. The minimum absolute atomic E-state index is 0.263. The van der Waals surface area contributed by atoms with Crippen LogP contribution in [0.1, 0.15) is 0 Å². The van der Waals surface area contributed by atoms with E-state index in [0.29, 0.717) is 0 Å². The summed E-state index contributed by atoms with van der Waals surface area (Å²) in [4.78, 5) is 4.26. The highest BCUT2D eigenvalue weighted by Crippen LogP contribution is 2.47. The minimum atomic E-state index is -0.287. The molecule has 0 atom stereocenters. The molecule has 0 bridgehead atoms. The van der Waals surface area contributed by atoms with Crippen molar-refractivity contribution in [2.24, 2.45) is 0 Å². The van der Waals surface area contributed by atoms with E-state index < -0.39 is 0 Å². The summed E-state index contributed by atoms with van der Waals surface area (Å²) in [5.74, 6) is -0.550. The zero-order valence-electron chi connectivity index (χ0n) is 32.3. The van der Waals surface area contributed by atoms with Gasteiger partial charge in [0, 0.05) is 77.2 Å². The fourth-order valence-electron chi connectivity index (χ4n) is 9.71. The van der Waals surface area contributed by atoms with Gasteiger partial charge in [-0.3, -0.25) is 0 Å². The zero-order chi connectivity index (χ0) is 40.2. The quantitative estimate of drug-likeness (QED) is 0.143. The zero-order valence-corrected chi connectivity index (χ0v) is 32.3. The summed E-state index contributed by atoms with van der Waals surface area (Å²) >= 11 is 0. The first-order chi connectivity index (χ1) is 29.5. The number of halogens is 2. The lowest BCUT2D eigenvalue weighted by atomic mass is 10.0. The second-order valence-electron chi connectivity index (χ2n) is 15.4. The molecule has 284 valence electrons. The number of aromatic nitrogens is 2. The summed E-state index contributed by atoms with van der Waals surface area (Å²) in [6, 6.07) is 54.6. The SMILES string of the molecule is C=C/C=C(\C=C)N(c1ccc(F)cc1)c1ccc2c(c1)c1cccc3c4cc5c(cc4n2c13)c1cccc2c3cc(N(c4ccccc4)c4ccc(F)cc4)ccc3n5c21. The van der Waals surface area contributed by atoms with E-state index in [4.69, 9.17) is 0 Å². The Morgan fingerprint density at radius 2 is 0.867 bits per heavy atom. The molecule has 60 heavy (non-hydrogen) atoms. The molecule has 12 aromatic rings. The fraction of sp³-hybridized carbons (Fsp3) is 0.